The average Bonchev–Trinajstić information content (AvgIpc) is 3.63. The average molecular weight is 576 g/mol. The Bertz CT molecular complexity index is 1500. The number of benzene rings is 3. The first-order valence-electron chi connectivity index (χ1n) is 13.9. The van der Waals surface area contributed by atoms with Crippen LogP contribution in [-0.4, -0.2) is 64.2 Å². The third-order valence-electron chi connectivity index (χ3n) is 8.68. The lowest BCUT2D eigenvalue weighted by Crippen LogP contribution is -2.41. The van der Waals surface area contributed by atoms with Crippen molar-refractivity contribution in [3.8, 4) is 0 Å². The molecule has 8 heteroatoms. The quantitative estimate of drug-likeness (QED) is 0.251. The van der Waals surface area contributed by atoms with Crippen molar-refractivity contribution in [2.75, 3.05) is 32.7 Å². The molecule has 1 N–H and O–H groups in total. The summed E-state index contributed by atoms with van der Waals surface area (Å²) in [5.41, 5.74) is 3.35. The molecule has 1 unspecified atom stereocenters. The molecule has 2 aliphatic heterocycles. The van der Waals surface area contributed by atoms with Crippen LogP contribution >= 0.6 is 23.2 Å². The number of likely N-dealkylation sites (tertiary alicyclic amines) is 2. The summed E-state index contributed by atoms with van der Waals surface area (Å²) in [6.07, 6.45) is 3.39. The molecule has 40 heavy (non-hydrogen) atoms. The number of fused-ring (bicyclic) bond motifs is 1. The molecule has 3 heterocycles. The Morgan fingerprint density at radius 1 is 0.925 bits per heavy atom. The number of imidazole rings is 1. The van der Waals surface area contributed by atoms with Gasteiger partial charge >= 0.3 is 0 Å². The first kappa shape index (κ1) is 27.0. The summed E-state index contributed by atoms with van der Waals surface area (Å²) < 4.78 is 0. The number of H-pyrrole nitrogens is 1. The van der Waals surface area contributed by atoms with E-state index in [9.17, 15) is 9.59 Å². The summed E-state index contributed by atoms with van der Waals surface area (Å²) in [6.45, 7) is 3.95. The molecule has 1 atom stereocenters. The van der Waals surface area contributed by atoms with Gasteiger partial charge in [-0.15, -0.1) is 0 Å². The van der Waals surface area contributed by atoms with Crippen LogP contribution in [0.3, 0.4) is 0 Å². The zero-order chi connectivity index (χ0) is 27.7. The topological polar surface area (TPSA) is 69.3 Å². The van der Waals surface area contributed by atoms with Crippen molar-refractivity contribution in [3.05, 3.63) is 99.8 Å². The van der Waals surface area contributed by atoms with Gasteiger partial charge in [-0.1, -0.05) is 59.6 Å². The maximum atomic E-state index is 13.3. The van der Waals surface area contributed by atoms with Crippen LogP contribution in [0.4, 0.5) is 0 Å². The molecule has 206 valence electrons. The third-order valence-corrected chi connectivity index (χ3v) is 9.42. The van der Waals surface area contributed by atoms with E-state index in [1.54, 1.807) is 0 Å². The largest absolute Gasteiger partial charge is 0.338 e. The molecule has 6 nitrogen and oxygen atoms in total. The van der Waals surface area contributed by atoms with Gasteiger partial charge < -0.3 is 14.8 Å². The molecule has 2 saturated heterocycles. The molecule has 0 bridgehead atoms. The molecule has 0 aliphatic carbocycles. The number of carbonyl (C=O) groups is 2. The fourth-order valence-corrected chi connectivity index (χ4v) is 6.57. The Morgan fingerprint density at radius 3 is 2.42 bits per heavy atom. The molecule has 4 aromatic rings. The lowest BCUT2D eigenvalue weighted by Gasteiger charge is -2.36. The van der Waals surface area contributed by atoms with Crippen LogP contribution in [0, 0.1) is 5.92 Å². The molecule has 0 saturated carbocycles. The van der Waals surface area contributed by atoms with Gasteiger partial charge in [0.15, 0.2) is 5.82 Å². The molecular formula is C32H32Cl2N4O2. The van der Waals surface area contributed by atoms with Gasteiger partial charge in [0.05, 0.1) is 21.1 Å². The van der Waals surface area contributed by atoms with E-state index in [0.29, 0.717) is 34.5 Å². The van der Waals surface area contributed by atoms with Crippen molar-refractivity contribution >= 4 is 45.9 Å². The van der Waals surface area contributed by atoms with Gasteiger partial charge in [0.2, 0.25) is 5.78 Å². The minimum atomic E-state index is -0.209. The van der Waals surface area contributed by atoms with Crippen molar-refractivity contribution in [1.29, 1.82) is 0 Å². The van der Waals surface area contributed by atoms with Crippen LogP contribution in [-0.2, 0) is 5.41 Å². The molecule has 0 spiro atoms. The number of carbonyl (C=O) groups excluding carboxylic acids is 2. The van der Waals surface area contributed by atoms with Crippen LogP contribution < -0.4 is 0 Å². The number of aromatic amines is 1. The number of para-hydroxylation sites is 2. The number of hydrogen-bond acceptors (Lipinski definition) is 4. The number of Topliss-reactive ketones (excluding diaryl/α,β-unsaturated/α-hetero) is 1. The second kappa shape index (κ2) is 11.4. The number of piperidine rings is 1. The number of amides is 1. The van der Waals surface area contributed by atoms with E-state index in [-0.39, 0.29) is 23.0 Å². The van der Waals surface area contributed by atoms with E-state index in [1.165, 1.54) is 0 Å². The van der Waals surface area contributed by atoms with Gasteiger partial charge in [-0.25, -0.2) is 4.98 Å². The summed E-state index contributed by atoms with van der Waals surface area (Å²) in [6, 6.07) is 23.1. The molecular weight excluding hydrogens is 543 g/mol. The van der Waals surface area contributed by atoms with Crippen molar-refractivity contribution in [2.45, 2.75) is 31.1 Å². The van der Waals surface area contributed by atoms with Crippen molar-refractivity contribution < 1.29 is 9.59 Å². The normalized spacial score (nSPS) is 20.3. The van der Waals surface area contributed by atoms with E-state index < -0.39 is 0 Å². The highest BCUT2D eigenvalue weighted by atomic mass is 35.5. The zero-order valence-corrected chi connectivity index (χ0v) is 23.8. The summed E-state index contributed by atoms with van der Waals surface area (Å²) in [7, 11) is 0. The van der Waals surface area contributed by atoms with Crippen LogP contribution in [0.5, 0.6) is 0 Å². The second-order valence-electron chi connectivity index (χ2n) is 11.1. The first-order chi connectivity index (χ1) is 19.4. The minimum Gasteiger partial charge on any atom is -0.338 e. The van der Waals surface area contributed by atoms with Crippen molar-refractivity contribution in [2.24, 2.45) is 5.92 Å². The van der Waals surface area contributed by atoms with Gasteiger partial charge in [-0.05, 0) is 87.3 Å². The minimum absolute atomic E-state index is 0.0219. The molecule has 2 aliphatic rings. The van der Waals surface area contributed by atoms with Gasteiger partial charge in [0.25, 0.3) is 5.91 Å². The molecule has 2 fully saturated rings. The smallest absolute Gasteiger partial charge is 0.253 e. The van der Waals surface area contributed by atoms with E-state index in [1.807, 2.05) is 71.6 Å². The van der Waals surface area contributed by atoms with Gasteiger partial charge in [0, 0.05) is 30.0 Å². The predicted molar refractivity (Wildman–Crippen MR) is 159 cm³/mol. The van der Waals surface area contributed by atoms with Gasteiger partial charge in [-0.2, -0.15) is 0 Å². The predicted octanol–water partition coefficient (Wildman–Crippen LogP) is 6.64. The van der Waals surface area contributed by atoms with E-state index >= 15 is 0 Å². The number of nitrogens with zero attached hydrogens (tertiary/aromatic N) is 3. The Labute approximate surface area is 244 Å². The number of hydrogen-bond donors (Lipinski definition) is 1. The lowest BCUT2D eigenvalue weighted by molar-refractivity contribution is 0.0779. The van der Waals surface area contributed by atoms with Gasteiger partial charge in [0.1, 0.15) is 0 Å². The maximum Gasteiger partial charge on any atom is 0.253 e. The van der Waals surface area contributed by atoms with Gasteiger partial charge in [-0.3, -0.25) is 9.59 Å². The number of ketones is 1. The maximum absolute atomic E-state index is 13.3. The van der Waals surface area contributed by atoms with E-state index in [4.69, 9.17) is 23.2 Å². The van der Waals surface area contributed by atoms with Crippen LogP contribution in [0.25, 0.3) is 11.0 Å². The highest BCUT2D eigenvalue weighted by Gasteiger charge is 2.42. The lowest BCUT2D eigenvalue weighted by atomic mass is 9.76. The summed E-state index contributed by atoms with van der Waals surface area (Å²) >= 11 is 12.7. The third kappa shape index (κ3) is 5.40. The summed E-state index contributed by atoms with van der Waals surface area (Å²) in [5, 5.41) is 1.07. The Hall–Kier alpha value is -3.19. The SMILES string of the molecule is O=C(c1nc2ccccc2[nH]1)C1CCN(CCC2(c3ccc(Cl)c(Cl)c3)CCN(C(=O)c3ccccc3)C2)CC1. The van der Waals surface area contributed by atoms with Crippen LogP contribution in [0.15, 0.2) is 72.8 Å². The van der Waals surface area contributed by atoms with Crippen molar-refractivity contribution in [3.63, 3.8) is 0 Å². The fraction of sp³-hybridized carbons (Fsp3) is 0.344. The highest BCUT2D eigenvalue weighted by molar-refractivity contribution is 6.42. The first-order valence-corrected chi connectivity index (χ1v) is 14.7. The van der Waals surface area contributed by atoms with E-state index in [2.05, 4.69) is 20.9 Å². The zero-order valence-electron chi connectivity index (χ0n) is 22.3. The fourth-order valence-electron chi connectivity index (χ4n) is 6.27. The summed E-state index contributed by atoms with van der Waals surface area (Å²) in [4.78, 5) is 38.6. The molecule has 3 aromatic carbocycles. The number of nitrogens with one attached hydrogen (secondary N) is 1. The highest BCUT2D eigenvalue weighted by Crippen LogP contribution is 2.41. The number of rotatable bonds is 7. The Balaban J connectivity index is 1.13. The standard InChI is InChI=1S/C32H32Cl2N4O2/c33-25-11-10-24(20-26(25)34)32(15-19-38(21-32)31(40)23-6-2-1-3-7-23)14-18-37-16-12-22(13-17-37)29(39)30-35-27-8-4-5-9-28(27)36-30/h1-11,20,22H,12-19,21H2,(H,35,36). The Morgan fingerprint density at radius 2 is 1.68 bits per heavy atom. The van der Waals surface area contributed by atoms with Crippen molar-refractivity contribution in [1.82, 2.24) is 19.8 Å². The van der Waals surface area contributed by atoms with Crippen LogP contribution in [0.2, 0.25) is 10.0 Å². The molecule has 1 aromatic heterocycles. The summed E-state index contributed by atoms with van der Waals surface area (Å²) in [5.74, 6) is 0.611. The second-order valence-corrected chi connectivity index (χ2v) is 11.9. The number of halogens is 2. The monoisotopic (exact) mass is 574 g/mol. The molecule has 6 rings (SSSR count). The molecule has 1 amide bonds. The number of aromatic nitrogens is 2. The Kier molecular flexibility index (Phi) is 7.67. The van der Waals surface area contributed by atoms with E-state index in [0.717, 1.165) is 61.9 Å². The van der Waals surface area contributed by atoms with Crippen LogP contribution in [0.1, 0.15) is 52.2 Å². The molecule has 0 radical (unpaired) electrons.